The van der Waals surface area contributed by atoms with Gasteiger partial charge in [0, 0.05) is 24.7 Å². The zero-order chi connectivity index (χ0) is 19.4. The normalized spacial score (nSPS) is 15.8. The van der Waals surface area contributed by atoms with Gasteiger partial charge in [-0.1, -0.05) is 0 Å². The minimum atomic E-state index is -2.37. The van der Waals surface area contributed by atoms with E-state index in [1.807, 2.05) is 18.7 Å². The third-order valence-electron chi connectivity index (χ3n) is 4.47. The van der Waals surface area contributed by atoms with Gasteiger partial charge in [0.05, 0.1) is 17.5 Å². The van der Waals surface area contributed by atoms with Gasteiger partial charge in [-0.15, -0.1) is 0 Å². The maximum absolute atomic E-state index is 14.0. The van der Waals surface area contributed by atoms with Crippen LogP contribution in [0.2, 0.25) is 0 Å². The molecule has 5 nitrogen and oxygen atoms in total. The summed E-state index contributed by atoms with van der Waals surface area (Å²) in [6, 6.07) is 2.23. The number of likely N-dealkylation sites (N-methyl/N-ethyl adjacent to an activating group) is 1. The van der Waals surface area contributed by atoms with Gasteiger partial charge in [-0.2, -0.15) is 4.98 Å². The first-order chi connectivity index (χ1) is 11.9. The van der Waals surface area contributed by atoms with Crippen molar-refractivity contribution in [3.05, 3.63) is 51.7 Å². The van der Waals surface area contributed by atoms with E-state index in [4.69, 9.17) is 20.4 Å². The van der Waals surface area contributed by atoms with Crippen LogP contribution < -0.4 is 15.3 Å². The highest BCUT2D eigenvalue weighted by Gasteiger charge is 2.36. The molecule has 4 radical (unpaired) electrons. The summed E-state index contributed by atoms with van der Waals surface area (Å²) in [5.41, 5.74) is -1.55. The summed E-state index contributed by atoms with van der Waals surface area (Å²) in [5.74, 6) is -3.68. The second-order valence-electron chi connectivity index (χ2n) is 6.83. The third-order valence-corrected chi connectivity index (χ3v) is 4.47. The number of fused-ring (bicyclic) bond motifs is 1. The minimum Gasteiger partial charge on any atom is -0.487 e. The lowest BCUT2D eigenvalue weighted by Crippen LogP contribution is -2.38. The predicted octanol–water partition coefficient (Wildman–Crippen LogP) is 1.42. The Morgan fingerprint density at radius 1 is 1.15 bits per heavy atom. The summed E-state index contributed by atoms with van der Waals surface area (Å²) < 4.78 is 47.2. The van der Waals surface area contributed by atoms with Crippen LogP contribution in [0.25, 0.3) is 0 Å². The Hall–Kier alpha value is -2.38. The Labute approximate surface area is 150 Å². The van der Waals surface area contributed by atoms with Crippen molar-refractivity contribution in [3.8, 4) is 5.88 Å². The summed E-state index contributed by atoms with van der Waals surface area (Å²) in [5, 5.41) is -2.37. The molecule has 26 heavy (non-hydrogen) atoms. The smallest absolute Gasteiger partial charge is 0.352 e. The van der Waals surface area contributed by atoms with Crippen molar-refractivity contribution in [2.45, 2.75) is 31.3 Å². The Morgan fingerprint density at radius 2 is 1.77 bits per heavy atom. The lowest BCUT2D eigenvalue weighted by Gasteiger charge is -2.29. The molecular formula is C16H14B2F3N3O2. The zero-order valence-corrected chi connectivity index (χ0v) is 14.4. The molecule has 0 N–H and O–H groups in total. The highest BCUT2D eigenvalue weighted by atomic mass is 19.2. The van der Waals surface area contributed by atoms with Crippen LogP contribution in [0.1, 0.15) is 19.4 Å². The number of anilines is 1. The van der Waals surface area contributed by atoms with E-state index >= 15 is 0 Å². The SMILES string of the molecule is [B]C([B])(Oc1cc2n(c(=O)n1)CC(C)(C)N2C)c1cc(F)c(F)cc1F. The quantitative estimate of drug-likeness (QED) is 0.615. The van der Waals surface area contributed by atoms with Gasteiger partial charge < -0.3 is 9.64 Å². The van der Waals surface area contributed by atoms with Crippen molar-refractivity contribution in [2.24, 2.45) is 0 Å². The number of benzene rings is 1. The van der Waals surface area contributed by atoms with Crippen molar-refractivity contribution >= 4 is 21.5 Å². The number of halogens is 3. The second-order valence-corrected chi connectivity index (χ2v) is 6.83. The molecule has 0 atom stereocenters. The summed E-state index contributed by atoms with van der Waals surface area (Å²) in [7, 11) is 13.3. The van der Waals surface area contributed by atoms with Gasteiger partial charge in [-0.25, -0.2) is 18.0 Å². The van der Waals surface area contributed by atoms with E-state index in [1.165, 1.54) is 10.6 Å². The van der Waals surface area contributed by atoms with Crippen LogP contribution in [0.15, 0.2) is 23.0 Å². The van der Waals surface area contributed by atoms with E-state index in [1.54, 1.807) is 7.05 Å². The van der Waals surface area contributed by atoms with Gasteiger partial charge in [-0.3, -0.25) is 4.57 Å². The Morgan fingerprint density at radius 3 is 2.42 bits per heavy atom. The molecule has 2 aromatic rings. The first-order valence-electron chi connectivity index (χ1n) is 7.70. The molecule has 0 saturated heterocycles. The van der Waals surface area contributed by atoms with Gasteiger partial charge in [-0.05, 0) is 19.9 Å². The number of hydrogen-bond acceptors (Lipinski definition) is 4. The van der Waals surface area contributed by atoms with Gasteiger partial charge >= 0.3 is 5.69 Å². The van der Waals surface area contributed by atoms with E-state index in [0.717, 1.165) is 0 Å². The fourth-order valence-corrected chi connectivity index (χ4v) is 2.81. The van der Waals surface area contributed by atoms with Gasteiger partial charge in [0.25, 0.3) is 0 Å². The molecule has 132 valence electrons. The molecule has 0 aliphatic carbocycles. The number of rotatable bonds is 3. The second kappa shape index (κ2) is 5.82. The van der Waals surface area contributed by atoms with Crippen molar-refractivity contribution in [1.29, 1.82) is 0 Å². The lowest BCUT2D eigenvalue weighted by molar-refractivity contribution is 0.226. The topological polar surface area (TPSA) is 47.4 Å². The molecule has 0 bridgehead atoms. The molecule has 2 heterocycles. The van der Waals surface area contributed by atoms with Crippen molar-refractivity contribution in [2.75, 3.05) is 11.9 Å². The number of aromatic nitrogens is 2. The largest absolute Gasteiger partial charge is 0.487 e. The van der Waals surface area contributed by atoms with E-state index in [9.17, 15) is 18.0 Å². The summed E-state index contributed by atoms with van der Waals surface area (Å²) in [4.78, 5) is 17.8. The van der Waals surface area contributed by atoms with E-state index in [0.29, 0.717) is 24.5 Å². The Kier molecular flexibility index (Phi) is 4.12. The molecule has 10 heteroatoms. The first-order valence-corrected chi connectivity index (χ1v) is 7.70. The van der Waals surface area contributed by atoms with Crippen LogP contribution in [0, 0.1) is 17.5 Å². The Balaban J connectivity index is 2.00. The summed E-state index contributed by atoms with van der Waals surface area (Å²) in [6.07, 6.45) is 0. The van der Waals surface area contributed by atoms with E-state index in [-0.39, 0.29) is 11.4 Å². The summed E-state index contributed by atoms with van der Waals surface area (Å²) >= 11 is 0. The fraction of sp³-hybridized carbons (Fsp3) is 0.375. The maximum Gasteiger partial charge on any atom is 0.352 e. The van der Waals surface area contributed by atoms with Crippen molar-refractivity contribution in [1.82, 2.24) is 9.55 Å². The summed E-state index contributed by atoms with van der Waals surface area (Å²) in [6.45, 7) is 4.29. The van der Waals surface area contributed by atoms with Crippen LogP contribution in [-0.4, -0.2) is 37.8 Å². The first kappa shape index (κ1) is 18.4. The maximum atomic E-state index is 14.0. The minimum absolute atomic E-state index is 0.264. The average Bonchev–Trinajstić information content (AvgIpc) is 2.74. The zero-order valence-electron chi connectivity index (χ0n) is 14.4. The lowest BCUT2D eigenvalue weighted by atomic mass is 9.61. The molecule has 0 fully saturated rings. The van der Waals surface area contributed by atoms with Crippen LogP contribution >= 0.6 is 0 Å². The van der Waals surface area contributed by atoms with Crippen molar-refractivity contribution < 1.29 is 17.9 Å². The molecule has 0 spiro atoms. The van der Waals surface area contributed by atoms with E-state index < -0.39 is 34.1 Å². The van der Waals surface area contributed by atoms with Gasteiger partial charge in [0.1, 0.15) is 27.3 Å². The van der Waals surface area contributed by atoms with Gasteiger partial charge in [0.15, 0.2) is 11.6 Å². The average molecular weight is 359 g/mol. The molecule has 0 saturated carbocycles. The highest BCUT2D eigenvalue weighted by Crippen LogP contribution is 2.33. The molecule has 1 aromatic carbocycles. The number of nitrogens with zero attached hydrogens (tertiary/aromatic N) is 3. The number of ether oxygens (including phenoxy) is 1. The van der Waals surface area contributed by atoms with E-state index in [2.05, 4.69) is 4.98 Å². The van der Waals surface area contributed by atoms with Crippen LogP contribution in [0.3, 0.4) is 0 Å². The van der Waals surface area contributed by atoms with Crippen LogP contribution in [0.4, 0.5) is 19.0 Å². The third kappa shape index (κ3) is 2.97. The molecule has 1 aliphatic heterocycles. The van der Waals surface area contributed by atoms with Crippen LogP contribution in [-0.2, 0) is 11.9 Å². The predicted molar refractivity (Wildman–Crippen MR) is 91.1 cm³/mol. The molecule has 1 aliphatic rings. The molecule has 1 aromatic heterocycles. The highest BCUT2D eigenvalue weighted by molar-refractivity contribution is 6.39. The molecule has 3 rings (SSSR count). The molecular weight excluding hydrogens is 345 g/mol. The molecule has 0 unspecified atom stereocenters. The molecule has 0 amide bonds. The fourth-order valence-electron chi connectivity index (χ4n) is 2.81. The number of hydrogen-bond donors (Lipinski definition) is 0. The van der Waals surface area contributed by atoms with Crippen LogP contribution in [0.5, 0.6) is 5.88 Å². The van der Waals surface area contributed by atoms with Gasteiger partial charge in [0.2, 0.25) is 5.88 Å². The standard InChI is InChI=1S/C16H14B2F3N3O2/c1-15(2)7-24-13(23(15)3)6-12(22-14(24)25)26-16(17,18)8-4-10(20)11(21)5-9(8)19/h4-6H,7H2,1-3H3. The monoisotopic (exact) mass is 359 g/mol. The van der Waals surface area contributed by atoms with Crippen molar-refractivity contribution in [3.63, 3.8) is 0 Å². The Bertz CT molecular complexity index is 947.